The molecule has 0 rings (SSSR count). The van der Waals surface area contributed by atoms with Gasteiger partial charge in [-0.2, -0.15) is 0 Å². The average Bonchev–Trinajstić information content (AvgIpc) is 1.35. The van der Waals surface area contributed by atoms with E-state index in [1.54, 1.807) is 0 Å². The molecule has 0 saturated heterocycles. The fourth-order valence-corrected chi connectivity index (χ4v) is 0. The van der Waals surface area contributed by atoms with Crippen LogP contribution in [-0.2, 0) is 9.09 Å². The van der Waals surface area contributed by atoms with Crippen LogP contribution in [0.15, 0.2) is 0 Å². The molecule has 0 amide bonds. The van der Waals surface area contributed by atoms with Crippen LogP contribution >= 0.6 is 7.82 Å². The third-order valence-electron chi connectivity index (χ3n) is 0.238. The van der Waals surface area contributed by atoms with Crippen molar-refractivity contribution in [2.24, 2.45) is 0 Å². The van der Waals surface area contributed by atoms with Crippen molar-refractivity contribution >= 4 is 24.9 Å². The van der Waals surface area contributed by atoms with E-state index < -0.39 is 7.82 Å². The van der Waals surface area contributed by atoms with E-state index in [-0.39, 0.29) is 17.1 Å². The molecule has 6 heteroatoms. The molecule has 0 aliphatic carbocycles. The van der Waals surface area contributed by atoms with Crippen LogP contribution in [0.3, 0.4) is 0 Å². The predicted molar refractivity (Wildman–Crippen MR) is 27.6 cm³/mol. The number of hydrogen-bond acceptors (Lipinski definition) is 2. The normalized spacial score (nSPS) is 10.1. The summed E-state index contributed by atoms with van der Waals surface area (Å²) in [6.07, 6.45) is 0. The zero-order valence-corrected chi connectivity index (χ0v) is 6.65. The summed E-state index contributed by atoms with van der Waals surface area (Å²) in [6.45, 7) is 0. The molecule has 0 bridgehead atoms. The Labute approximate surface area is 51.6 Å². The molecule has 0 unspecified atom stereocenters. The zero-order valence-electron chi connectivity index (χ0n) is 3.66. The van der Waals surface area contributed by atoms with Gasteiger partial charge < -0.3 is 9.79 Å². The second-order valence-electron chi connectivity index (χ2n) is 0.673. The van der Waals surface area contributed by atoms with Crippen LogP contribution in [0.5, 0.6) is 0 Å². The van der Waals surface area contributed by atoms with Crippen LogP contribution in [0.2, 0.25) is 0 Å². The van der Waals surface area contributed by atoms with Gasteiger partial charge in [0.25, 0.3) is 0 Å². The minimum atomic E-state index is -4.15. The van der Waals surface area contributed by atoms with Crippen LogP contribution in [0.4, 0.5) is 0 Å². The molecule has 0 fully saturated rings. The molecule has 2 N–H and O–H groups in total. The van der Waals surface area contributed by atoms with E-state index >= 15 is 0 Å². The average molecular weight is 193 g/mol. The van der Waals surface area contributed by atoms with Crippen LogP contribution in [0.1, 0.15) is 0 Å². The summed E-state index contributed by atoms with van der Waals surface area (Å²) in [6, 6.07) is 0. The van der Waals surface area contributed by atoms with Crippen molar-refractivity contribution < 1.29 is 18.9 Å². The summed E-state index contributed by atoms with van der Waals surface area (Å²) in [5, 5.41) is 0. The Morgan fingerprint density at radius 1 is 1.57 bits per heavy atom. The Morgan fingerprint density at radius 2 is 1.71 bits per heavy atom. The van der Waals surface area contributed by atoms with Gasteiger partial charge in [0.05, 0.1) is 0 Å². The minimum absolute atomic E-state index is 0. The SMILES string of the molecule is COP(=O)(O)O.[SeH2]. The second kappa shape index (κ2) is 3.61. The number of phosphoric acid groups is 1. The van der Waals surface area contributed by atoms with Crippen molar-refractivity contribution in [1.82, 2.24) is 0 Å². The predicted octanol–water partition coefficient (Wildman–Crippen LogP) is -1.19. The molecule has 0 heterocycles. The van der Waals surface area contributed by atoms with Crippen molar-refractivity contribution in [3.05, 3.63) is 0 Å². The van der Waals surface area contributed by atoms with E-state index in [0.717, 1.165) is 7.11 Å². The van der Waals surface area contributed by atoms with Crippen LogP contribution in [0, 0.1) is 0 Å². The molecule has 0 aliphatic heterocycles. The number of phosphoric ester groups is 1. The van der Waals surface area contributed by atoms with Gasteiger partial charge >= 0.3 is 24.9 Å². The fraction of sp³-hybridized carbons (Fsp3) is 1.00. The fourth-order valence-electron chi connectivity index (χ4n) is 0. The molecular weight excluding hydrogens is 186 g/mol. The summed E-state index contributed by atoms with van der Waals surface area (Å²) in [5.41, 5.74) is 0. The monoisotopic (exact) mass is 194 g/mol. The number of hydrogen-bond donors (Lipinski definition) is 2. The third-order valence-corrected chi connectivity index (χ3v) is 0.714. The summed E-state index contributed by atoms with van der Waals surface area (Å²) in [5.74, 6) is 0. The quantitative estimate of drug-likeness (QED) is 0.405. The first-order valence-corrected chi connectivity index (χ1v) is 2.70. The third kappa shape index (κ3) is 10.8. The van der Waals surface area contributed by atoms with Gasteiger partial charge in [0.15, 0.2) is 0 Å². The van der Waals surface area contributed by atoms with E-state index in [9.17, 15) is 4.57 Å². The van der Waals surface area contributed by atoms with Gasteiger partial charge in [0.2, 0.25) is 0 Å². The van der Waals surface area contributed by atoms with Crippen molar-refractivity contribution in [2.45, 2.75) is 0 Å². The van der Waals surface area contributed by atoms with Crippen molar-refractivity contribution in [1.29, 1.82) is 0 Å². The van der Waals surface area contributed by atoms with Crippen molar-refractivity contribution in [3.63, 3.8) is 0 Å². The molecular formula is CH7O4PSe. The molecule has 0 aromatic carbocycles. The Hall–Kier alpha value is 0.629. The maximum absolute atomic E-state index is 9.47. The van der Waals surface area contributed by atoms with E-state index in [0.29, 0.717) is 0 Å². The molecule has 0 aromatic rings. The molecule has 0 radical (unpaired) electrons. The van der Waals surface area contributed by atoms with E-state index in [2.05, 4.69) is 4.52 Å². The Bertz CT molecular complexity index is 75.8. The molecule has 4 nitrogen and oxygen atoms in total. The van der Waals surface area contributed by atoms with Gasteiger partial charge in [-0.1, -0.05) is 0 Å². The molecule has 0 aromatic heterocycles. The second-order valence-corrected chi connectivity index (χ2v) is 2.02. The van der Waals surface area contributed by atoms with Crippen LogP contribution in [-0.4, -0.2) is 34.0 Å². The van der Waals surface area contributed by atoms with Crippen LogP contribution in [0.25, 0.3) is 0 Å². The van der Waals surface area contributed by atoms with Gasteiger partial charge in [-0.25, -0.2) is 4.57 Å². The maximum atomic E-state index is 9.47. The summed E-state index contributed by atoms with van der Waals surface area (Å²) >= 11 is 0. The number of rotatable bonds is 1. The van der Waals surface area contributed by atoms with Crippen molar-refractivity contribution in [2.75, 3.05) is 7.11 Å². The van der Waals surface area contributed by atoms with E-state index in [1.807, 2.05) is 0 Å². The molecule has 7 heavy (non-hydrogen) atoms. The van der Waals surface area contributed by atoms with E-state index in [1.165, 1.54) is 0 Å². The van der Waals surface area contributed by atoms with Gasteiger partial charge in [-0.05, 0) is 0 Å². The summed E-state index contributed by atoms with van der Waals surface area (Å²) in [7, 11) is -3.20. The van der Waals surface area contributed by atoms with Crippen molar-refractivity contribution in [3.8, 4) is 0 Å². The molecule has 0 atom stereocenters. The standard InChI is InChI=1S/CH5O4P.H2Se/c1-5-6(2,3)4;/h1H3,(H2,2,3,4);1H2. The van der Waals surface area contributed by atoms with Gasteiger partial charge in [-0.3, -0.25) is 4.52 Å². The van der Waals surface area contributed by atoms with Crippen LogP contribution < -0.4 is 0 Å². The summed E-state index contributed by atoms with van der Waals surface area (Å²) in [4.78, 5) is 15.4. The zero-order chi connectivity index (χ0) is 5.21. The molecule has 0 saturated carbocycles. The summed E-state index contributed by atoms with van der Waals surface area (Å²) < 4.78 is 13.1. The van der Waals surface area contributed by atoms with Gasteiger partial charge in [-0.15, -0.1) is 0 Å². The Balaban J connectivity index is 0. The first-order chi connectivity index (χ1) is 2.56. The van der Waals surface area contributed by atoms with E-state index in [4.69, 9.17) is 9.79 Å². The van der Waals surface area contributed by atoms with Gasteiger partial charge in [0.1, 0.15) is 0 Å². The topological polar surface area (TPSA) is 66.8 Å². The first kappa shape index (κ1) is 10.6. The Kier molecular flexibility index (Phi) is 5.46. The molecule has 0 spiro atoms. The molecule has 46 valence electrons. The van der Waals surface area contributed by atoms with Gasteiger partial charge in [0, 0.05) is 7.11 Å². The first-order valence-electron chi connectivity index (χ1n) is 1.17. The molecule has 0 aliphatic rings. The Morgan fingerprint density at radius 3 is 1.71 bits per heavy atom.